The number of hydrogen-bond acceptors (Lipinski definition) is 2. The Hall–Kier alpha value is -1.77. The third-order valence-electron chi connectivity index (χ3n) is 2.72. The molecule has 1 aromatic carbocycles. The molecule has 3 rings (SSSR count). The van der Waals surface area contributed by atoms with Gasteiger partial charge in [-0.1, -0.05) is 18.2 Å². The van der Waals surface area contributed by atoms with Gasteiger partial charge in [0.25, 0.3) is 0 Å². The summed E-state index contributed by atoms with van der Waals surface area (Å²) >= 11 is 0. The lowest BCUT2D eigenvalue weighted by molar-refractivity contribution is 0.775. The van der Waals surface area contributed by atoms with Gasteiger partial charge in [0.05, 0.1) is 23.3 Å². The summed E-state index contributed by atoms with van der Waals surface area (Å²) in [6, 6.07) is 10.2. The summed E-state index contributed by atoms with van der Waals surface area (Å²) in [5.41, 5.74) is 3.49. The van der Waals surface area contributed by atoms with E-state index in [9.17, 15) is 0 Å². The lowest BCUT2D eigenvalue weighted by Crippen LogP contribution is -2.10. The molecule has 0 amide bonds. The second kappa shape index (κ2) is 3.42. The molecule has 0 unspecified atom stereocenters. The van der Waals surface area contributed by atoms with Crippen molar-refractivity contribution in [1.29, 1.82) is 0 Å². The first-order valence-electron chi connectivity index (χ1n) is 5.31. The number of para-hydroxylation sites is 1. The summed E-state index contributed by atoms with van der Waals surface area (Å²) in [4.78, 5) is 0. The van der Waals surface area contributed by atoms with Crippen molar-refractivity contribution in [3.05, 3.63) is 42.2 Å². The topological polar surface area (TPSA) is 29.9 Å². The van der Waals surface area contributed by atoms with Crippen LogP contribution in [0.3, 0.4) is 0 Å². The summed E-state index contributed by atoms with van der Waals surface area (Å²) in [5, 5.41) is 7.94. The fourth-order valence-electron chi connectivity index (χ4n) is 1.93. The lowest BCUT2D eigenvalue weighted by atomic mass is 10.1. The molecule has 76 valence electrons. The zero-order chi connectivity index (χ0) is 10.1. The van der Waals surface area contributed by atoms with Crippen LogP contribution < -0.4 is 5.32 Å². The van der Waals surface area contributed by atoms with Gasteiger partial charge in [-0.3, -0.25) is 0 Å². The van der Waals surface area contributed by atoms with Gasteiger partial charge in [-0.25, -0.2) is 4.68 Å². The van der Waals surface area contributed by atoms with E-state index in [1.807, 2.05) is 22.9 Å². The van der Waals surface area contributed by atoms with Crippen molar-refractivity contribution in [3.8, 4) is 5.69 Å². The molecular formula is C12H13N3. The van der Waals surface area contributed by atoms with E-state index in [0.717, 1.165) is 18.7 Å². The summed E-state index contributed by atoms with van der Waals surface area (Å²) in [6.07, 6.45) is 4.34. The number of hydrogen-bond donors (Lipinski definition) is 1. The molecule has 2 heterocycles. The van der Waals surface area contributed by atoms with Crippen LogP contribution in [0.5, 0.6) is 0 Å². The van der Waals surface area contributed by atoms with Crippen molar-refractivity contribution in [2.45, 2.75) is 12.8 Å². The molecule has 0 bridgehead atoms. The fourth-order valence-corrected chi connectivity index (χ4v) is 1.93. The van der Waals surface area contributed by atoms with Crippen LogP contribution in [0, 0.1) is 0 Å². The average Bonchev–Trinajstić information content (AvgIpc) is 2.74. The van der Waals surface area contributed by atoms with Gasteiger partial charge in [-0.05, 0) is 25.0 Å². The predicted octanol–water partition coefficient (Wildman–Crippen LogP) is 2.23. The Kier molecular flexibility index (Phi) is 1.95. The number of nitrogens with zero attached hydrogens (tertiary/aromatic N) is 2. The number of nitrogens with one attached hydrogen (secondary N) is 1. The number of aryl methyl sites for hydroxylation is 1. The Morgan fingerprint density at radius 1 is 1.20 bits per heavy atom. The first-order valence-corrected chi connectivity index (χ1v) is 5.31. The first-order chi connectivity index (χ1) is 7.43. The standard InChI is InChI=1S/C12H13N3/c1-2-5-10(6-3-1)15-9-12-11(14-15)7-4-8-13-12/h1-3,5-6,9,13H,4,7-8H2. The van der Waals surface area contributed by atoms with Gasteiger partial charge in [0, 0.05) is 6.54 Å². The smallest absolute Gasteiger partial charge is 0.0861 e. The number of benzene rings is 1. The van der Waals surface area contributed by atoms with E-state index in [1.54, 1.807) is 0 Å². The maximum Gasteiger partial charge on any atom is 0.0861 e. The molecule has 0 spiro atoms. The van der Waals surface area contributed by atoms with E-state index in [-0.39, 0.29) is 0 Å². The molecule has 0 radical (unpaired) electrons. The van der Waals surface area contributed by atoms with Crippen LogP contribution in [0.25, 0.3) is 5.69 Å². The Morgan fingerprint density at radius 2 is 2.07 bits per heavy atom. The Balaban J connectivity index is 2.03. The monoisotopic (exact) mass is 199 g/mol. The highest BCUT2D eigenvalue weighted by Gasteiger charge is 2.12. The van der Waals surface area contributed by atoms with Crippen LogP contribution in [0.15, 0.2) is 36.5 Å². The molecule has 1 aliphatic heterocycles. The van der Waals surface area contributed by atoms with E-state index in [0.29, 0.717) is 0 Å². The number of fused-ring (bicyclic) bond motifs is 1. The molecule has 3 heteroatoms. The van der Waals surface area contributed by atoms with Crippen LogP contribution in [-0.2, 0) is 6.42 Å². The molecule has 0 fully saturated rings. The van der Waals surface area contributed by atoms with E-state index < -0.39 is 0 Å². The second-order valence-corrected chi connectivity index (χ2v) is 3.80. The van der Waals surface area contributed by atoms with Gasteiger partial charge in [-0.2, -0.15) is 5.10 Å². The van der Waals surface area contributed by atoms with Gasteiger partial charge in [0.15, 0.2) is 0 Å². The van der Waals surface area contributed by atoms with Crippen LogP contribution in [0.2, 0.25) is 0 Å². The van der Waals surface area contributed by atoms with Crippen molar-refractivity contribution >= 4 is 5.69 Å². The minimum Gasteiger partial charge on any atom is -0.382 e. The molecule has 0 saturated carbocycles. The summed E-state index contributed by atoms with van der Waals surface area (Å²) in [5.74, 6) is 0. The first kappa shape index (κ1) is 8.53. The molecule has 1 N–H and O–H groups in total. The second-order valence-electron chi connectivity index (χ2n) is 3.80. The van der Waals surface area contributed by atoms with Gasteiger partial charge in [0.2, 0.25) is 0 Å². The Morgan fingerprint density at radius 3 is 2.87 bits per heavy atom. The molecule has 0 atom stereocenters. The molecule has 0 aliphatic carbocycles. The highest BCUT2D eigenvalue weighted by molar-refractivity contribution is 5.50. The van der Waals surface area contributed by atoms with Crippen molar-refractivity contribution in [2.75, 3.05) is 11.9 Å². The van der Waals surface area contributed by atoms with Crippen LogP contribution in [0.1, 0.15) is 12.1 Å². The summed E-state index contributed by atoms with van der Waals surface area (Å²) in [6.45, 7) is 1.06. The largest absolute Gasteiger partial charge is 0.382 e. The molecular weight excluding hydrogens is 186 g/mol. The molecule has 3 nitrogen and oxygen atoms in total. The number of anilines is 1. The SMILES string of the molecule is c1ccc(-n2cc3c(n2)CCCN3)cc1. The molecule has 2 aromatic rings. The van der Waals surface area contributed by atoms with Crippen LogP contribution >= 0.6 is 0 Å². The minimum atomic E-state index is 1.06. The predicted molar refractivity (Wildman–Crippen MR) is 60.4 cm³/mol. The number of rotatable bonds is 1. The van der Waals surface area contributed by atoms with E-state index in [2.05, 4.69) is 28.7 Å². The van der Waals surface area contributed by atoms with E-state index >= 15 is 0 Å². The molecule has 0 saturated heterocycles. The van der Waals surface area contributed by atoms with Crippen molar-refractivity contribution in [1.82, 2.24) is 9.78 Å². The zero-order valence-corrected chi connectivity index (χ0v) is 8.48. The summed E-state index contributed by atoms with van der Waals surface area (Å²) in [7, 11) is 0. The van der Waals surface area contributed by atoms with Crippen LogP contribution in [0.4, 0.5) is 5.69 Å². The van der Waals surface area contributed by atoms with E-state index in [4.69, 9.17) is 0 Å². The fraction of sp³-hybridized carbons (Fsp3) is 0.250. The highest BCUT2D eigenvalue weighted by atomic mass is 15.3. The van der Waals surface area contributed by atoms with Crippen molar-refractivity contribution in [3.63, 3.8) is 0 Å². The van der Waals surface area contributed by atoms with Gasteiger partial charge >= 0.3 is 0 Å². The minimum absolute atomic E-state index is 1.06. The average molecular weight is 199 g/mol. The van der Waals surface area contributed by atoms with E-state index in [1.165, 1.54) is 17.8 Å². The van der Waals surface area contributed by atoms with Crippen LogP contribution in [-0.4, -0.2) is 16.3 Å². The quantitative estimate of drug-likeness (QED) is 0.763. The summed E-state index contributed by atoms with van der Waals surface area (Å²) < 4.78 is 1.95. The molecule has 1 aromatic heterocycles. The Labute approximate surface area is 88.7 Å². The van der Waals surface area contributed by atoms with Gasteiger partial charge in [0.1, 0.15) is 0 Å². The van der Waals surface area contributed by atoms with Gasteiger partial charge < -0.3 is 5.32 Å². The lowest BCUT2D eigenvalue weighted by Gasteiger charge is -2.10. The van der Waals surface area contributed by atoms with Crippen molar-refractivity contribution in [2.24, 2.45) is 0 Å². The normalized spacial score (nSPS) is 14.4. The zero-order valence-electron chi connectivity index (χ0n) is 8.48. The molecule has 15 heavy (non-hydrogen) atoms. The Bertz CT molecular complexity index is 435. The third kappa shape index (κ3) is 1.50. The maximum absolute atomic E-state index is 4.58. The van der Waals surface area contributed by atoms with Crippen molar-refractivity contribution < 1.29 is 0 Å². The highest BCUT2D eigenvalue weighted by Crippen LogP contribution is 2.21. The maximum atomic E-state index is 4.58. The van der Waals surface area contributed by atoms with Gasteiger partial charge in [-0.15, -0.1) is 0 Å². The third-order valence-corrected chi connectivity index (χ3v) is 2.72. The number of aromatic nitrogens is 2. The molecule has 1 aliphatic rings.